The molecule has 0 aliphatic rings. The summed E-state index contributed by atoms with van der Waals surface area (Å²) in [5.74, 6) is -0.990. The molecule has 0 fully saturated rings. The Morgan fingerprint density at radius 1 is 1.08 bits per heavy atom. The van der Waals surface area contributed by atoms with Gasteiger partial charge in [-0.05, 0) is 43.7 Å². The molecule has 1 N–H and O–H groups in total. The Hall–Kier alpha value is -2.89. The molecule has 0 spiro atoms. The monoisotopic (exact) mass is 359 g/mol. The third-order valence-corrected chi connectivity index (χ3v) is 4.07. The van der Waals surface area contributed by atoms with Gasteiger partial charge < -0.3 is 14.8 Å². The largest absolute Gasteiger partial charge is 0.477 e. The van der Waals surface area contributed by atoms with Crippen LogP contribution in [-0.2, 0) is 19.7 Å². The van der Waals surface area contributed by atoms with Crippen molar-refractivity contribution in [1.29, 1.82) is 0 Å². The van der Waals surface area contributed by atoms with Crippen LogP contribution in [0, 0.1) is 5.82 Å². The normalized spacial score (nSPS) is 12.2. The van der Waals surface area contributed by atoms with E-state index in [0.29, 0.717) is 5.75 Å². The van der Waals surface area contributed by atoms with E-state index in [1.54, 1.807) is 13.8 Å². The summed E-state index contributed by atoms with van der Waals surface area (Å²) in [6.07, 6.45) is -1.04. The lowest BCUT2D eigenvalue weighted by Gasteiger charge is -2.25. The second-order valence-corrected chi connectivity index (χ2v) is 6.28. The SMILES string of the molecule is COC(=O)C(CNC(=O)C(C)(C)c1ccccc1)Oc1ccc(F)cc1. The molecule has 0 heterocycles. The Morgan fingerprint density at radius 3 is 2.27 bits per heavy atom. The van der Waals surface area contributed by atoms with Crippen molar-refractivity contribution in [2.75, 3.05) is 13.7 Å². The first kappa shape index (κ1) is 19.4. The highest BCUT2D eigenvalue weighted by atomic mass is 19.1. The number of methoxy groups -OCH3 is 1. The lowest BCUT2D eigenvalue weighted by Crippen LogP contribution is -2.46. The van der Waals surface area contributed by atoms with E-state index < -0.39 is 23.3 Å². The molecule has 0 aliphatic heterocycles. The number of rotatable bonds is 7. The van der Waals surface area contributed by atoms with Crippen molar-refractivity contribution in [3.05, 3.63) is 66.0 Å². The van der Waals surface area contributed by atoms with E-state index in [2.05, 4.69) is 5.32 Å². The van der Waals surface area contributed by atoms with Gasteiger partial charge in [-0.15, -0.1) is 0 Å². The summed E-state index contributed by atoms with van der Waals surface area (Å²) in [4.78, 5) is 24.6. The summed E-state index contributed by atoms with van der Waals surface area (Å²) in [6, 6.07) is 14.6. The van der Waals surface area contributed by atoms with Crippen molar-refractivity contribution < 1.29 is 23.5 Å². The van der Waals surface area contributed by atoms with Gasteiger partial charge in [0.1, 0.15) is 11.6 Å². The summed E-state index contributed by atoms with van der Waals surface area (Å²) in [5, 5.41) is 2.73. The number of esters is 1. The molecule has 0 bridgehead atoms. The van der Waals surface area contributed by atoms with Crippen molar-refractivity contribution in [2.45, 2.75) is 25.4 Å². The number of amides is 1. The molecule has 0 aromatic heterocycles. The van der Waals surface area contributed by atoms with Crippen molar-refractivity contribution in [3.8, 4) is 5.75 Å². The van der Waals surface area contributed by atoms with Gasteiger partial charge in [0, 0.05) is 0 Å². The summed E-state index contributed by atoms with van der Waals surface area (Å²) in [6.45, 7) is 3.52. The van der Waals surface area contributed by atoms with Crippen molar-refractivity contribution in [3.63, 3.8) is 0 Å². The fourth-order valence-corrected chi connectivity index (χ4v) is 2.37. The van der Waals surface area contributed by atoms with E-state index in [4.69, 9.17) is 9.47 Å². The first-order chi connectivity index (χ1) is 12.3. The van der Waals surface area contributed by atoms with Crippen molar-refractivity contribution >= 4 is 11.9 Å². The Balaban J connectivity index is 2.05. The molecule has 138 valence electrons. The van der Waals surface area contributed by atoms with E-state index in [1.165, 1.54) is 31.4 Å². The summed E-state index contributed by atoms with van der Waals surface area (Å²) >= 11 is 0. The standard InChI is InChI=1S/C20H22FNO4/c1-20(2,14-7-5-4-6-8-14)19(24)22-13-17(18(23)25-3)26-16-11-9-15(21)10-12-16/h4-12,17H,13H2,1-3H3,(H,22,24). The number of hydrogen-bond acceptors (Lipinski definition) is 4. The molecular weight excluding hydrogens is 337 g/mol. The van der Waals surface area contributed by atoms with Gasteiger partial charge in [-0.3, -0.25) is 4.79 Å². The van der Waals surface area contributed by atoms with Gasteiger partial charge in [-0.2, -0.15) is 0 Å². The van der Waals surface area contributed by atoms with Gasteiger partial charge in [-0.25, -0.2) is 9.18 Å². The van der Waals surface area contributed by atoms with Gasteiger partial charge >= 0.3 is 5.97 Å². The molecule has 26 heavy (non-hydrogen) atoms. The minimum absolute atomic E-state index is 0.0703. The molecule has 5 nitrogen and oxygen atoms in total. The molecule has 2 aromatic rings. The lowest BCUT2D eigenvalue weighted by atomic mass is 9.84. The van der Waals surface area contributed by atoms with Gasteiger partial charge in [0.05, 0.1) is 19.1 Å². The average Bonchev–Trinajstić information content (AvgIpc) is 2.66. The minimum atomic E-state index is -1.04. The zero-order valence-corrected chi connectivity index (χ0v) is 15.0. The maximum atomic E-state index is 13.0. The molecule has 1 amide bonds. The number of carbonyl (C=O) groups is 2. The Kier molecular flexibility index (Phi) is 6.33. The quantitative estimate of drug-likeness (QED) is 0.772. The molecule has 1 unspecified atom stereocenters. The van der Waals surface area contributed by atoms with Gasteiger partial charge in [-0.1, -0.05) is 30.3 Å². The van der Waals surface area contributed by atoms with Crippen LogP contribution in [0.15, 0.2) is 54.6 Å². The van der Waals surface area contributed by atoms with Crippen LogP contribution in [0.1, 0.15) is 19.4 Å². The fourth-order valence-electron chi connectivity index (χ4n) is 2.37. The maximum absolute atomic E-state index is 13.0. The molecule has 6 heteroatoms. The highest BCUT2D eigenvalue weighted by Crippen LogP contribution is 2.23. The Labute approximate surface area is 152 Å². The summed E-state index contributed by atoms with van der Waals surface area (Å²) in [5.41, 5.74) is 0.0734. The lowest BCUT2D eigenvalue weighted by molar-refractivity contribution is -0.148. The molecular formula is C20H22FNO4. The van der Waals surface area contributed by atoms with Crippen molar-refractivity contribution in [2.24, 2.45) is 0 Å². The molecule has 0 saturated carbocycles. The number of hydrogen-bond donors (Lipinski definition) is 1. The average molecular weight is 359 g/mol. The van der Waals surface area contributed by atoms with Crippen LogP contribution in [0.3, 0.4) is 0 Å². The van der Waals surface area contributed by atoms with Crippen LogP contribution in [0.5, 0.6) is 5.75 Å². The highest BCUT2D eigenvalue weighted by Gasteiger charge is 2.31. The van der Waals surface area contributed by atoms with E-state index in [9.17, 15) is 14.0 Å². The predicted molar refractivity (Wildman–Crippen MR) is 95.3 cm³/mol. The number of benzene rings is 2. The van der Waals surface area contributed by atoms with E-state index in [0.717, 1.165) is 5.56 Å². The molecule has 1 atom stereocenters. The molecule has 2 rings (SSSR count). The van der Waals surface area contributed by atoms with E-state index in [1.807, 2.05) is 30.3 Å². The van der Waals surface area contributed by atoms with E-state index >= 15 is 0 Å². The number of nitrogens with one attached hydrogen (secondary N) is 1. The molecule has 0 aliphatic carbocycles. The number of carbonyl (C=O) groups excluding carboxylic acids is 2. The summed E-state index contributed by atoms with van der Waals surface area (Å²) in [7, 11) is 1.24. The third kappa shape index (κ3) is 4.81. The Bertz CT molecular complexity index is 744. The van der Waals surface area contributed by atoms with Crippen LogP contribution in [0.2, 0.25) is 0 Å². The van der Waals surface area contributed by atoms with Crippen LogP contribution < -0.4 is 10.1 Å². The van der Waals surface area contributed by atoms with Gasteiger partial charge in [0.2, 0.25) is 12.0 Å². The molecule has 0 radical (unpaired) electrons. The van der Waals surface area contributed by atoms with Crippen LogP contribution in [0.4, 0.5) is 4.39 Å². The predicted octanol–water partition coefficient (Wildman–Crippen LogP) is 2.84. The van der Waals surface area contributed by atoms with E-state index in [-0.39, 0.29) is 12.5 Å². The zero-order chi connectivity index (χ0) is 19.2. The van der Waals surface area contributed by atoms with Crippen LogP contribution in [0.25, 0.3) is 0 Å². The second kappa shape index (κ2) is 8.47. The minimum Gasteiger partial charge on any atom is -0.477 e. The zero-order valence-electron chi connectivity index (χ0n) is 15.0. The first-order valence-electron chi connectivity index (χ1n) is 8.18. The number of halogens is 1. The van der Waals surface area contributed by atoms with Crippen molar-refractivity contribution in [1.82, 2.24) is 5.32 Å². The fraction of sp³-hybridized carbons (Fsp3) is 0.300. The third-order valence-electron chi connectivity index (χ3n) is 4.07. The second-order valence-electron chi connectivity index (χ2n) is 6.28. The summed E-state index contributed by atoms with van der Waals surface area (Å²) < 4.78 is 23.2. The van der Waals surface area contributed by atoms with Gasteiger partial charge in [0.15, 0.2) is 0 Å². The smallest absolute Gasteiger partial charge is 0.348 e. The van der Waals surface area contributed by atoms with Crippen LogP contribution >= 0.6 is 0 Å². The number of ether oxygens (including phenoxy) is 2. The molecule has 0 saturated heterocycles. The van der Waals surface area contributed by atoms with Crippen LogP contribution in [-0.4, -0.2) is 31.6 Å². The molecule has 2 aromatic carbocycles. The van der Waals surface area contributed by atoms with Gasteiger partial charge in [0.25, 0.3) is 0 Å². The Morgan fingerprint density at radius 2 is 1.69 bits per heavy atom. The highest BCUT2D eigenvalue weighted by molar-refractivity contribution is 5.88. The topological polar surface area (TPSA) is 64.6 Å². The maximum Gasteiger partial charge on any atom is 0.348 e. The first-order valence-corrected chi connectivity index (χ1v) is 8.18.